The topological polar surface area (TPSA) is 55.2 Å². The van der Waals surface area contributed by atoms with Crippen LogP contribution in [0.5, 0.6) is 0 Å². The minimum Gasteiger partial charge on any atom is -0.306 e. The third-order valence-corrected chi connectivity index (χ3v) is 3.91. The van der Waals surface area contributed by atoms with Crippen molar-refractivity contribution in [2.75, 3.05) is 0 Å². The Hall–Kier alpha value is -1.72. The van der Waals surface area contributed by atoms with Gasteiger partial charge in [-0.3, -0.25) is 10.1 Å². The average molecular weight is 349 g/mol. The fraction of sp³-hybridized carbons (Fsp3) is 0.250. The summed E-state index contributed by atoms with van der Waals surface area (Å²) in [5.74, 6) is 0. The molecule has 2 rings (SSSR count). The lowest BCUT2D eigenvalue weighted by Gasteiger charge is -2.17. The van der Waals surface area contributed by atoms with Crippen LogP contribution in [0.3, 0.4) is 0 Å². The highest BCUT2D eigenvalue weighted by Crippen LogP contribution is 2.20. The lowest BCUT2D eigenvalue weighted by Crippen LogP contribution is -2.20. The van der Waals surface area contributed by atoms with E-state index in [1.807, 2.05) is 12.1 Å². The van der Waals surface area contributed by atoms with Gasteiger partial charge >= 0.3 is 0 Å². The maximum absolute atomic E-state index is 10.6. The van der Waals surface area contributed by atoms with Crippen LogP contribution in [-0.4, -0.2) is 4.92 Å². The van der Waals surface area contributed by atoms with E-state index in [1.165, 1.54) is 17.7 Å². The summed E-state index contributed by atoms with van der Waals surface area (Å²) < 4.78 is 1.07. The Labute approximate surface area is 132 Å². The molecule has 1 N–H and O–H groups in total. The third-order valence-electron chi connectivity index (χ3n) is 3.38. The number of non-ortho nitro benzene ring substituents is 1. The Morgan fingerprint density at radius 1 is 1.14 bits per heavy atom. The van der Waals surface area contributed by atoms with Gasteiger partial charge in [-0.05, 0) is 29.7 Å². The SMILES string of the molecule is CCC(NCc1ccc([N+](=O)[O-])cc1)c1ccc(Br)cc1. The maximum atomic E-state index is 10.6. The standard InChI is InChI=1S/C16H17BrN2O2/c1-2-16(13-5-7-14(17)8-6-13)18-11-12-3-9-15(10-4-12)19(20)21/h3-10,16,18H,2,11H2,1H3. The minimum absolute atomic E-state index is 0.124. The Morgan fingerprint density at radius 2 is 1.76 bits per heavy atom. The average Bonchev–Trinajstić information content (AvgIpc) is 2.50. The van der Waals surface area contributed by atoms with Crippen LogP contribution in [0.2, 0.25) is 0 Å². The predicted octanol–water partition coefficient (Wildman–Crippen LogP) is 4.60. The molecule has 0 heterocycles. The van der Waals surface area contributed by atoms with E-state index >= 15 is 0 Å². The van der Waals surface area contributed by atoms with Crippen LogP contribution in [0, 0.1) is 10.1 Å². The fourth-order valence-corrected chi connectivity index (χ4v) is 2.43. The smallest absolute Gasteiger partial charge is 0.269 e. The van der Waals surface area contributed by atoms with Crippen LogP contribution >= 0.6 is 15.9 Å². The van der Waals surface area contributed by atoms with Gasteiger partial charge in [0.15, 0.2) is 0 Å². The van der Waals surface area contributed by atoms with Crippen LogP contribution in [0.25, 0.3) is 0 Å². The van der Waals surface area contributed by atoms with Crippen LogP contribution in [0.1, 0.15) is 30.5 Å². The monoisotopic (exact) mass is 348 g/mol. The lowest BCUT2D eigenvalue weighted by atomic mass is 10.0. The molecule has 0 spiro atoms. The Morgan fingerprint density at radius 3 is 2.29 bits per heavy atom. The zero-order valence-corrected chi connectivity index (χ0v) is 13.3. The summed E-state index contributed by atoms with van der Waals surface area (Å²) in [6.07, 6.45) is 0.981. The summed E-state index contributed by atoms with van der Waals surface area (Å²) in [6, 6.07) is 15.2. The molecule has 2 aromatic rings. The van der Waals surface area contributed by atoms with Crippen molar-refractivity contribution in [3.05, 3.63) is 74.2 Å². The molecule has 0 radical (unpaired) electrons. The summed E-state index contributed by atoms with van der Waals surface area (Å²) in [6.45, 7) is 2.82. The third kappa shape index (κ3) is 4.37. The zero-order chi connectivity index (χ0) is 15.2. The van der Waals surface area contributed by atoms with E-state index in [2.05, 4.69) is 40.3 Å². The quantitative estimate of drug-likeness (QED) is 0.613. The highest BCUT2D eigenvalue weighted by atomic mass is 79.9. The second-order valence-corrected chi connectivity index (χ2v) is 5.73. The predicted molar refractivity (Wildman–Crippen MR) is 87.1 cm³/mol. The van der Waals surface area contributed by atoms with Crippen molar-refractivity contribution < 1.29 is 4.92 Å². The molecule has 4 nitrogen and oxygen atoms in total. The van der Waals surface area contributed by atoms with Crippen LogP contribution in [-0.2, 0) is 6.54 Å². The Bertz CT molecular complexity index is 597. The minimum atomic E-state index is -0.381. The van der Waals surface area contributed by atoms with Gasteiger partial charge in [0.05, 0.1) is 4.92 Å². The summed E-state index contributed by atoms with van der Waals surface area (Å²) in [5, 5.41) is 14.1. The van der Waals surface area contributed by atoms with E-state index in [0.717, 1.165) is 16.5 Å². The molecular formula is C16H17BrN2O2. The molecule has 0 fully saturated rings. The number of nitrogens with one attached hydrogen (secondary N) is 1. The number of halogens is 1. The van der Waals surface area contributed by atoms with E-state index < -0.39 is 0 Å². The summed E-state index contributed by atoms with van der Waals surface area (Å²) in [5.41, 5.74) is 2.40. The van der Waals surface area contributed by atoms with Crippen molar-refractivity contribution in [2.24, 2.45) is 0 Å². The van der Waals surface area contributed by atoms with E-state index in [4.69, 9.17) is 0 Å². The van der Waals surface area contributed by atoms with E-state index in [-0.39, 0.29) is 16.7 Å². The largest absolute Gasteiger partial charge is 0.306 e. The van der Waals surface area contributed by atoms with Gasteiger partial charge in [0.25, 0.3) is 5.69 Å². The normalized spacial score (nSPS) is 12.1. The lowest BCUT2D eigenvalue weighted by molar-refractivity contribution is -0.384. The first kappa shape index (κ1) is 15.7. The maximum Gasteiger partial charge on any atom is 0.269 e. The van der Waals surface area contributed by atoms with Crippen molar-refractivity contribution in [3.63, 3.8) is 0 Å². The van der Waals surface area contributed by atoms with Gasteiger partial charge < -0.3 is 5.32 Å². The number of hydrogen-bond acceptors (Lipinski definition) is 3. The number of hydrogen-bond donors (Lipinski definition) is 1. The summed E-state index contributed by atoms with van der Waals surface area (Å²) in [4.78, 5) is 10.2. The summed E-state index contributed by atoms with van der Waals surface area (Å²) in [7, 11) is 0. The van der Waals surface area contributed by atoms with Gasteiger partial charge in [0.2, 0.25) is 0 Å². The molecule has 1 unspecified atom stereocenters. The van der Waals surface area contributed by atoms with Crippen molar-refractivity contribution >= 4 is 21.6 Å². The molecule has 0 bridgehead atoms. The fourth-order valence-electron chi connectivity index (χ4n) is 2.17. The molecule has 0 saturated carbocycles. The van der Waals surface area contributed by atoms with E-state index in [0.29, 0.717) is 6.54 Å². The molecule has 5 heteroatoms. The molecule has 0 amide bonds. The number of benzene rings is 2. The van der Waals surface area contributed by atoms with Gasteiger partial charge in [0, 0.05) is 29.2 Å². The molecule has 1 atom stereocenters. The number of nitro groups is 1. The van der Waals surface area contributed by atoms with Crippen LogP contribution in [0.15, 0.2) is 53.0 Å². The second kappa shape index (κ2) is 7.33. The highest BCUT2D eigenvalue weighted by molar-refractivity contribution is 9.10. The van der Waals surface area contributed by atoms with Gasteiger partial charge in [0.1, 0.15) is 0 Å². The number of nitrogens with zero attached hydrogens (tertiary/aromatic N) is 1. The van der Waals surface area contributed by atoms with Crippen molar-refractivity contribution in [3.8, 4) is 0 Å². The van der Waals surface area contributed by atoms with Gasteiger partial charge in [-0.2, -0.15) is 0 Å². The molecule has 2 aromatic carbocycles. The molecule has 0 aliphatic heterocycles. The van der Waals surface area contributed by atoms with Gasteiger partial charge in [-0.1, -0.05) is 47.1 Å². The van der Waals surface area contributed by atoms with E-state index in [9.17, 15) is 10.1 Å². The van der Waals surface area contributed by atoms with Gasteiger partial charge in [-0.15, -0.1) is 0 Å². The first-order valence-corrected chi connectivity index (χ1v) is 7.61. The zero-order valence-electron chi connectivity index (χ0n) is 11.8. The molecule has 0 aromatic heterocycles. The van der Waals surface area contributed by atoms with Crippen molar-refractivity contribution in [1.82, 2.24) is 5.32 Å². The van der Waals surface area contributed by atoms with Gasteiger partial charge in [-0.25, -0.2) is 0 Å². The van der Waals surface area contributed by atoms with E-state index in [1.54, 1.807) is 12.1 Å². The molecule has 0 aliphatic carbocycles. The van der Waals surface area contributed by atoms with Crippen molar-refractivity contribution in [2.45, 2.75) is 25.9 Å². The van der Waals surface area contributed by atoms with Crippen molar-refractivity contribution in [1.29, 1.82) is 0 Å². The number of rotatable bonds is 6. The molecule has 0 saturated heterocycles. The second-order valence-electron chi connectivity index (χ2n) is 4.82. The highest BCUT2D eigenvalue weighted by Gasteiger charge is 2.09. The molecular weight excluding hydrogens is 332 g/mol. The number of nitro benzene ring substituents is 1. The summed E-state index contributed by atoms with van der Waals surface area (Å²) >= 11 is 3.44. The Kier molecular flexibility index (Phi) is 5.47. The first-order valence-electron chi connectivity index (χ1n) is 6.82. The Balaban J connectivity index is 1.99. The first-order chi connectivity index (χ1) is 10.1. The van der Waals surface area contributed by atoms with Crippen LogP contribution in [0.4, 0.5) is 5.69 Å². The molecule has 0 aliphatic rings. The van der Waals surface area contributed by atoms with Crippen LogP contribution < -0.4 is 5.32 Å². The molecule has 110 valence electrons. The molecule has 21 heavy (non-hydrogen) atoms.